The minimum absolute atomic E-state index is 0.0669. The van der Waals surface area contributed by atoms with Gasteiger partial charge in [0.05, 0.1) is 26.7 Å². The monoisotopic (exact) mass is 398 g/mol. The van der Waals surface area contributed by atoms with E-state index in [-0.39, 0.29) is 19.0 Å². The molecule has 0 aromatic heterocycles. The zero-order valence-corrected chi connectivity index (χ0v) is 16.2. The molecule has 0 saturated carbocycles. The SMILES string of the molecule is COc1ccc(C(=O)NCC(=O)N2Cc3ccccc3C(C(=O)O)C2)cc1OC. The van der Waals surface area contributed by atoms with Gasteiger partial charge in [-0.3, -0.25) is 14.4 Å². The number of carboxylic acids is 1. The van der Waals surface area contributed by atoms with Crippen molar-refractivity contribution in [1.29, 1.82) is 0 Å². The van der Waals surface area contributed by atoms with Gasteiger partial charge < -0.3 is 24.8 Å². The quantitative estimate of drug-likeness (QED) is 0.767. The van der Waals surface area contributed by atoms with E-state index in [1.807, 2.05) is 12.1 Å². The van der Waals surface area contributed by atoms with E-state index in [0.717, 1.165) is 11.1 Å². The molecule has 1 heterocycles. The van der Waals surface area contributed by atoms with Crippen LogP contribution in [0, 0.1) is 0 Å². The van der Waals surface area contributed by atoms with E-state index in [9.17, 15) is 19.5 Å². The molecule has 0 fully saturated rings. The Labute approximate surface area is 168 Å². The van der Waals surface area contributed by atoms with E-state index >= 15 is 0 Å². The first-order valence-electron chi connectivity index (χ1n) is 9.03. The van der Waals surface area contributed by atoms with Crippen LogP contribution in [-0.2, 0) is 16.1 Å². The number of carboxylic acid groups (broad SMARTS) is 1. The highest BCUT2D eigenvalue weighted by atomic mass is 16.5. The van der Waals surface area contributed by atoms with Gasteiger partial charge in [0.2, 0.25) is 5.91 Å². The van der Waals surface area contributed by atoms with E-state index in [4.69, 9.17) is 9.47 Å². The van der Waals surface area contributed by atoms with E-state index < -0.39 is 17.8 Å². The second kappa shape index (κ2) is 8.64. The number of amides is 2. The van der Waals surface area contributed by atoms with Crippen LogP contribution in [0.15, 0.2) is 42.5 Å². The van der Waals surface area contributed by atoms with E-state index in [1.54, 1.807) is 24.3 Å². The van der Waals surface area contributed by atoms with Gasteiger partial charge in [-0.05, 0) is 29.3 Å². The van der Waals surface area contributed by atoms with Crippen LogP contribution in [0.4, 0.5) is 0 Å². The van der Waals surface area contributed by atoms with Crippen LogP contribution in [0.1, 0.15) is 27.4 Å². The first kappa shape index (κ1) is 20.2. The van der Waals surface area contributed by atoms with Gasteiger partial charge in [0.1, 0.15) is 0 Å². The smallest absolute Gasteiger partial charge is 0.312 e. The molecule has 8 heteroatoms. The molecule has 0 bridgehead atoms. The summed E-state index contributed by atoms with van der Waals surface area (Å²) in [5, 5.41) is 12.1. The van der Waals surface area contributed by atoms with Crippen molar-refractivity contribution in [2.24, 2.45) is 0 Å². The van der Waals surface area contributed by atoms with Crippen molar-refractivity contribution in [3.05, 3.63) is 59.2 Å². The molecular formula is C21H22N2O6. The van der Waals surface area contributed by atoms with Gasteiger partial charge in [0.15, 0.2) is 11.5 Å². The maximum Gasteiger partial charge on any atom is 0.312 e. The van der Waals surface area contributed by atoms with Gasteiger partial charge >= 0.3 is 5.97 Å². The van der Waals surface area contributed by atoms with Crippen LogP contribution in [-0.4, -0.2) is 55.1 Å². The number of nitrogens with zero attached hydrogens (tertiary/aromatic N) is 1. The Hall–Kier alpha value is -3.55. The average Bonchev–Trinajstić information content (AvgIpc) is 2.75. The molecule has 0 radical (unpaired) electrons. The van der Waals surface area contributed by atoms with Crippen LogP contribution in [0.25, 0.3) is 0 Å². The third-order valence-corrected chi connectivity index (χ3v) is 4.89. The first-order chi connectivity index (χ1) is 13.9. The lowest BCUT2D eigenvalue weighted by atomic mass is 9.90. The Morgan fingerprint density at radius 1 is 1.10 bits per heavy atom. The number of benzene rings is 2. The highest BCUT2D eigenvalue weighted by molar-refractivity contribution is 5.97. The molecule has 2 N–H and O–H groups in total. The lowest BCUT2D eigenvalue weighted by Gasteiger charge is -2.32. The van der Waals surface area contributed by atoms with Gasteiger partial charge in [-0.1, -0.05) is 24.3 Å². The number of hydrogen-bond donors (Lipinski definition) is 2. The standard InChI is InChI=1S/C21H22N2O6/c1-28-17-8-7-13(9-18(17)29-2)20(25)22-10-19(24)23-11-14-5-3-4-6-15(14)16(12-23)21(26)27/h3-9,16H,10-12H2,1-2H3,(H,22,25)(H,26,27). The molecule has 1 unspecified atom stereocenters. The summed E-state index contributed by atoms with van der Waals surface area (Å²) in [5.41, 5.74) is 1.84. The van der Waals surface area contributed by atoms with Crippen molar-refractivity contribution >= 4 is 17.8 Å². The van der Waals surface area contributed by atoms with Crippen molar-refractivity contribution in [1.82, 2.24) is 10.2 Å². The van der Waals surface area contributed by atoms with Crippen LogP contribution >= 0.6 is 0 Å². The summed E-state index contributed by atoms with van der Waals surface area (Å²) in [6.45, 7) is 0.143. The second-order valence-corrected chi connectivity index (χ2v) is 6.62. The Morgan fingerprint density at radius 2 is 1.83 bits per heavy atom. The van der Waals surface area contributed by atoms with Crippen molar-refractivity contribution in [3.8, 4) is 11.5 Å². The lowest BCUT2D eigenvalue weighted by molar-refractivity contribution is -0.141. The molecule has 0 saturated heterocycles. The van der Waals surface area contributed by atoms with E-state index in [1.165, 1.54) is 25.2 Å². The zero-order chi connectivity index (χ0) is 21.0. The summed E-state index contributed by atoms with van der Waals surface area (Å²) in [4.78, 5) is 38.1. The fourth-order valence-corrected chi connectivity index (χ4v) is 3.36. The molecule has 152 valence electrons. The highest BCUT2D eigenvalue weighted by Crippen LogP contribution is 2.29. The van der Waals surface area contributed by atoms with Gasteiger partial charge in [-0.15, -0.1) is 0 Å². The fraction of sp³-hybridized carbons (Fsp3) is 0.286. The maximum atomic E-state index is 12.6. The van der Waals surface area contributed by atoms with Gasteiger partial charge in [0.25, 0.3) is 5.91 Å². The summed E-state index contributed by atoms with van der Waals surface area (Å²) in [6, 6.07) is 11.9. The molecule has 29 heavy (non-hydrogen) atoms. The van der Waals surface area contributed by atoms with Crippen molar-refractivity contribution in [2.75, 3.05) is 27.3 Å². The molecule has 1 aliphatic heterocycles. The normalized spacial score (nSPS) is 15.2. The summed E-state index contributed by atoms with van der Waals surface area (Å²) in [6.07, 6.45) is 0. The summed E-state index contributed by atoms with van der Waals surface area (Å²) < 4.78 is 10.3. The van der Waals surface area contributed by atoms with Crippen molar-refractivity contribution < 1.29 is 29.0 Å². The highest BCUT2D eigenvalue weighted by Gasteiger charge is 2.32. The summed E-state index contributed by atoms with van der Waals surface area (Å²) >= 11 is 0. The summed E-state index contributed by atoms with van der Waals surface area (Å²) in [7, 11) is 2.97. The molecule has 8 nitrogen and oxygen atoms in total. The Kier molecular flexibility index (Phi) is 6.01. The average molecular weight is 398 g/mol. The third-order valence-electron chi connectivity index (χ3n) is 4.89. The number of aliphatic carboxylic acids is 1. The molecule has 2 amide bonds. The number of rotatable bonds is 6. The van der Waals surface area contributed by atoms with Gasteiger partial charge in [-0.25, -0.2) is 0 Å². The molecule has 1 atom stereocenters. The van der Waals surface area contributed by atoms with E-state index in [0.29, 0.717) is 23.6 Å². The molecule has 0 spiro atoms. The molecule has 3 rings (SSSR count). The largest absolute Gasteiger partial charge is 0.493 e. The van der Waals surface area contributed by atoms with Gasteiger partial charge in [0, 0.05) is 18.7 Å². The van der Waals surface area contributed by atoms with Crippen LogP contribution in [0.3, 0.4) is 0 Å². The van der Waals surface area contributed by atoms with E-state index in [2.05, 4.69) is 5.32 Å². The van der Waals surface area contributed by atoms with Crippen LogP contribution in [0.5, 0.6) is 11.5 Å². The van der Waals surface area contributed by atoms with Crippen LogP contribution < -0.4 is 14.8 Å². The summed E-state index contributed by atoms with van der Waals surface area (Å²) in [5.74, 6) is -1.66. The molecular weight excluding hydrogens is 376 g/mol. The van der Waals surface area contributed by atoms with Crippen LogP contribution in [0.2, 0.25) is 0 Å². The minimum atomic E-state index is -0.982. The minimum Gasteiger partial charge on any atom is -0.493 e. The fourth-order valence-electron chi connectivity index (χ4n) is 3.36. The topological polar surface area (TPSA) is 105 Å². The zero-order valence-electron chi connectivity index (χ0n) is 16.2. The van der Waals surface area contributed by atoms with Crippen molar-refractivity contribution in [2.45, 2.75) is 12.5 Å². The lowest BCUT2D eigenvalue weighted by Crippen LogP contribution is -2.45. The number of carbonyl (C=O) groups is 3. The number of hydrogen-bond acceptors (Lipinski definition) is 5. The first-order valence-corrected chi connectivity index (χ1v) is 9.03. The maximum absolute atomic E-state index is 12.6. The number of fused-ring (bicyclic) bond motifs is 1. The Balaban J connectivity index is 1.66. The molecule has 0 aliphatic carbocycles. The van der Waals surface area contributed by atoms with Gasteiger partial charge in [-0.2, -0.15) is 0 Å². The number of ether oxygens (including phenoxy) is 2. The Bertz CT molecular complexity index is 943. The number of carbonyl (C=O) groups excluding carboxylic acids is 2. The molecule has 1 aliphatic rings. The predicted octanol–water partition coefficient (Wildman–Crippen LogP) is 1.64. The second-order valence-electron chi connectivity index (χ2n) is 6.62. The van der Waals surface area contributed by atoms with Crippen molar-refractivity contribution in [3.63, 3.8) is 0 Å². The number of methoxy groups -OCH3 is 2. The predicted molar refractivity (Wildman–Crippen MR) is 104 cm³/mol. The Morgan fingerprint density at radius 3 is 2.52 bits per heavy atom. The number of nitrogens with one attached hydrogen (secondary N) is 1. The molecule has 2 aromatic rings. The molecule has 2 aromatic carbocycles. The third kappa shape index (κ3) is 4.31.